The zero-order chi connectivity index (χ0) is 19.4. The van der Waals surface area contributed by atoms with Crippen LogP contribution in [0.25, 0.3) is 10.4 Å². The lowest BCUT2D eigenvalue weighted by Crippen LogP contribution is -2.35. The lowest BCUT2D eigenvalue weighted by atomic mass is 10.1. The number of carbonyl (C=O) groups excluding carboxylic acids is 1. The lowest BCUT2D eigenvalue weighted by molar-refractivity contribution is -0.0366. The summed E-state index contributed by atoms with van der Waals surface area (Å²) < 4.78 is 12.3. The van der Waals surface area contributed by atoms with Gasteiger partial charge in [0.15, 0.2) is 0 Å². The minimum atomic E-state index is -0.929. The summed E-state index contributed by atoms with van der Waals surface area (Å²) in [6, 6.07) is 7.77. The molecule has 2 heterocycles. The summed E-state index contributed by atoms with van der Waals surface area (Å²) in [5.41, 5.74) is 7.90. The first-order valence-corrected chi connectivity index (χ1v) is 8.71. The van der Waals surface area contributed by atoms with Crippen molar-refractivity contribution in [2.45, 2.75) is 24.8 Å². The average Bonchev–Trinajstić information content (AvgIpc) is 3.06. The molecule has 1 aliphatic rings. The standard InChI is InChI=1S/C16H14BrN5O5/c17-11-7-22(16(25)19-13(11)23)14-12(20-21-18)6-10(27-14)8-26-15(24)9-4-2-1-3-5-9/h1-5,7,10,12,14H,6,8H2,(H,19,23,25)/t10-,12+,14+/m0/s1. The van der Waals surface area contributed by atoms with Crippen molar-refractivity contribution in [1.82, 2.24) is 9.55 Å². The van der Waals surface area contributed by atoms with Gasteiger partial charge in [-0.3, -0.25) is 14.3 Å². The van der Waals surface area contributed by atoms with E-state index in [4.69, 9.17) is 15.0 Å². The molecule has 27 heavy (non-hydrogen) atoms. The minimum absolute atomic E-state index is 0.0685. The molecule has 1 fully saturated rings. The fourth-order valence-electron chi connectivity index (χ4n) is 2.73. The molecular weight excluding hydrogens is 422 g/mol. The topological polar surface area (TPSA) is 139 Å². The van der Waals surface area contributed by atoms with Crippen LogP contribution in [0.15, 0.2) is 55.7 Å². The van der Waals surface area contributed by atoms with Crippen molar-refractivity contribution >= 4 is 21.9 Å². The second-order valence-electron chi connectivity index (χ2n) is 5.76. The highest BCUT2D eigenvalue weighted by Gasteiger charge is 2.37. The Hall–Kier alpha value is -2.88. The van der Waals surface area contributed by atoms with E-state index in [1.807, 2.05) is 0 Å². The maximum Gasteiger partial charge on any atom is 0.338 e. The predicted octanol–water partition coefficient (Wildman–Crippen LogP) is 2.12. The molecule has 3 rings (SSSR count). The summed E-state index contributed by atoms with van der Waals surface area (Å²) in [5, 5.41) is 3.66. The smallest absolute Gasteiger partial charge is 0.338 e. The van der Waals surface area contributed by atoms with Crippen molar-refractivity contribution in [3.8, 4) is 0 Å². The van der Waals surface area contributed by atoms with E-state index in [1.165, 1.54) is 6.20 Å². The number of nitrogens with one attached hydrogen (secondary N) is 1. The third-order valence-corrected chi connectivity index (χ3v) is 4.54. The van der Waals surface area contributed by atoms with Gasteiger partial charge in [0.2, 0.25) is 0 Å². The molecule has 1 aromatic heterocycles. The Labute approximate surface area is 160 Å². The van der Waals surface area contributed by atoms with Crippen LogP contribution in [-0.4, -0.2) is 34.3 Å². The highest BCUT2D eigenvalue weighted by Crippen LogP contribution is 2.31. The van der Waals surface area contributed by atoms with Crippen LogP contribution in [0.4, 0.5) is 0 Å². The minimum Gasteiger partial charge on any atom is -0.459 e. The number of hydrogen-bond donors (Lipinski definition) is 1. The van der Waals surface area contributed by atoms with Gasteiger partial charge >= 0.3 is 11.7 Å². The number of aromatic nitrogens is 2. The fraction of sp³-hybridized carbons (Fsp3) is 0.312. The molecule has 1 aromatic carbocycles. The number of benzene rings is 1. The van der Waals surface area contributed by atoms with Crippen molar-refractivity contribution < 1.29 is 14.3 Å². The first-order chi connectivity index (χ1) is 13.0. The molecule has 0 bridgehead atoms. The highest BCUT2D eigenvalue weighted by molar-refractivity contribution is 9.10. The van der Waals surface area contributed by atoms with E-state index >= 15 is 0 Å². The van der Waals surface area contributed by atoms with Crippen LogP contribution in [0.3, 0.4) is 0 Å². The third-order valence-electron chi connectivity index (χ3n) is 3.97. The number of rotatable bonds is 5. The highest BCUT2D eigenvalue weighted by atomic mass is 79.9. The van der Waals surface area contributed by atoms with Gasteiger partial charge in [-0.15, -0.1) is 0 Å². The number of nitrogens with zero attached hydrogens (tertiary/aromatic N) is 4. The van der Waals surface area contributed by atoms with Crippen LogP contribution in [-0.2, 0) is 9.47 Å². The van der Waals surface area contributed by atoms with Crippen LogP contribution < -0.4 is 11.2 Å². The number of azide groups is 1. The van der Waals surface area contributed by atoms with Gasteiger partial charge in [0.05, 0.1) is 22.2 Å². The molecule has 0 spiro atoms. The monoisotopic (exact) mass is 435 g/mol. The Balaban J connectivity index is 1.74. The quantitative estimate of drug-likeness (QED) is 0.331. The summed E-state index contributed by atoms with van der Waals surface area (Å²) >= 11 is 3.05. The van der Waals surface area contributed by atoms with E-state index in [-0.39, 0.29) is 17.5 Å². The van der Waals surface area contributed by atoms with Gasteiger partial charge in [0.1, 0.15) is 12.8 Å². The average molecular weight is 436 g/mol. The molecule has 3 atom stereocenters. The van der Waals surface area contributed by atoms with Crippen molar-refractivity contribution in [3.63, 3.8) is 0 Å². The molecule has 140 valence electrons. The molecule has 2 aromatic rings. The molecule has 1 aliphatic heterocycles. The lowest BCUT2D eigenvalue weighted by Gasteiger charge is -2.18. The summed E-state index contributed by atoms with van der Waals surface area (Å²) in [6.07, 6.45) is 0.0158. The van der Waals surface area contributed by atoms with E-state index in [2.05, 4.69) is 30.9 Å². The molecular formula is C16H14BrN5O5. The number of aromatic amines is 1. The Morgan fingerprint density at radius 3 is 2.85 bits per heavy atom. The molecule has 0 saturated carbocycles. The van der Waals surface area contributed by atoms with Gasteiger partial charge in [0.25, 0.3) is 5.56 Å². The molecule has 1 saturated heterocycles. The SMILES string of the molecule is [N-]=[N+]=N[C@@H]1C[C@@H](COC(=O)c2ccccc2)O[C@H]1n1cc(Br)c(=O)[nH]c1=O. The largest absolute Gasteiger partial charge is 0.459 e. The van der Waals surface area contributed by atoms with Gasteiger partial charge in [-0.05, 0) is 40.0 Å². The second kappa shape index (κ2) is 8.21. The fourth-order valence-corrected chi connectivity index (χ4v) is 3.05. The number of H-pyrrole nitrogens is 1. The van der Waals surface area contributed by atoms with E-state index in [0.29, 0.717) is 5.56 Å². The van der Waals surface area contributed by atoms with E-state index < -0.39 is 35.6 Å². The Morgan fingerprint density at radius 2 is 2.15 bits per heavy atom. The van der Waals surface area contributed by atoms with Gasteiger partial charge in [-0.1, -0.05) is 23.3 Å². The van der Waals surface area contributed by atoms with Crippen LogP contribution in [0.2, 0.25) is 0 Å². The molecule has 0 radical (unpaired) electrons. The molecule has 11 heteroatoms. The summed E-state index contributed by atoms with van der Waals surface area (Å²) in [6.45, 7) is -0.0685. The number of carbonyl (C=O) groups is 1. The summed E-state index contributed by atoms with van der Waals surface area (Å²) in [5.74, 6) is -0.507. The molecule has 0 amide bonds. The first-order valence-electron chi connectivity index (χ1n) is 7.92. The Kier molecular flexibility index (Phi) is 5.75. The van der Waals surface area contributed by atoms with Crippen LogP contribution in [0.1, 0.15) is 23.0 Å². The molecule has 1 N–H and O–H groups in total. The zero-order valence-electron chi connectivity index (χ0n) is 13.8. The normalized spacial score (nSPS) is 21.4. The molecule has 0 unspecified atom stereocenters. The molecule has 10 nitrogen and oxygen atoms in total. The van der Waals surface area contributed by atoms with Gasteiger partial charge in [0, 0.05) is 11.1 Å². The number of ether oxygens (including phenoxy) is 2. The van der Waals surface area contributed by atoms with Gasteiger partial charge in [-0.2, -0.15) is 0 Å². The molecule has 0 aliphatic carbocycles. The van der Waals surface area contributed by atoms with Crippen molar-refractivity contribution in [3.05, 3.63) is 77.8 Å². The predicted molar refractivity (Wildman–Crippen MR) is 97.2 cm³/mol. The van der Waals surface area contributed by atoms with Crippen molar-refractivity contribution in [2.75, 3.05) is 6.61 Å². The van der Waals surface area contributed by atoms with Gasteiger partial charge in [-0.25, -0.2) is 9.59 Å². The van der Waals surface area contributed by atoms with Crippen molar-refractivity contribution in [1.29, 1.82) is 0 Å². The zero-order valence-corrected chi connectivity index (χ0v) is 15.4. The summed E-state index contributed by atoms with van der Waals surface area (Å²) in [7, 11) is 0. The second-order valence-corrected chi connectivity index (χ2v) is 6.62. The van der Waals surface area contributed by atoms with Crippen LogP contribution in [0, 0.1) is 0 Å². The summed E-state index contributed by atoms with van der Waals surface area (Å²) in [4.78, 5) is 40.5. The van der Waals surface area contributed by atoms with E-state index in [1.54, 1.807) is 30.3 Å². The van der Waals surface area contributed by atoms with Crippen molar-refractivity contribution in [2.24, 2.45) is 5.11 Å². The maximum atomic E-state index is 12.1. The van der Waals surface area contributed by atoms with E-state index in [9.17, 15) is 14.4 Å². The third kappa shape index (κ3) is 4.27. The number of hydrogen-bond acceptors (Lipinski definition) is 6. The Morgan fingerprint density at radius 1 is 1.41 bits per heavy atom. The van der Waals surface area contributed by atoms with Crippen LogP contribution >= 0.6 is 15.9 Å². The first kappa shape index (κ1) is 18.9. The van der Waals surface area contributed by atoms with Crippen LogP contribution in [0.5, 0.6) is 0 Å². The van der Waals surface area contributed by atoms with E-state index in [0.717, 1.165) is 4.57 Å². The maximum absolute atomic E-state index is 12.1. The number of halogens is 1. The van der Waals surface area contributed by atoms with Gasteiger partial charge < -0.3 is 9.47 Å². The Bertz CT molecular complexity index is 998. The number of esters is 1.